The summed E-state index contributed by atoms with van der Waals surface area (Å²) in [7, 11) is 0. The third-order valence-electron chi connectivity index (χ3n) is 2.93. The van der Waals surface area contributed by atoms with Crippen molar-refractivity contribution in [2.75, 3.05) is 13.1 Å². The van der Waals surface area contributed by atoms with E-state index < -0.39 is 0 Å². The molecule has 0 aromatic carbocycles. The zero-order chi connectivity index (χ0) is 13.8. The fourth-order valence-corrected chi connectivity index (χ4v) is 1.75. The second-order valence-electron chi connectivity index (χ2n) is 4.74. The summed E-state index contributed by atoms with van der Waals surface area (Å²) in [5.41, 5.74) is 0. The summed E-state index contributed by atoms with van der Waals surface area (Å²) in [6.45, 7) is 7.97. The maximum atomic E-state index is 12.0. The van der Waals surface area contributed by atoms with Crippen LogP contribution in [0.4, 0.5) is 0 Å². The number of hydrogen-bond donors (Lipinski definition) is 1. The highest BCUT2D eigenvalue weighted by Gasteiger charge is 2.11. The van der Waals surface area contributed by atoms with Crippen LogP contribution < -0.4 is 0 Å². The number of aliphatic hydroxyl groups is 1. The van der Waals surface area contributed by atoms with Crippen molar-refractivity contribution in [3.63, 3.8) is 0 Å². The zero-order valence-electron chi connectivity index (χ0n) is 12.2. The predicted molar refractivity (Wildman–Crippen MR) is 76.6 cm³/mol. The second-order valence-corrected chi connectivity index (χ2v) is 4.74. The van der Waals surface area contributed by atoms with Crippen molar-refractivity contribution in [1.29, 1.82) is 0 Å². The molecule has 0 saturated heterocycles. The Balaban J connectivity index is 4.22. The molecule has 18 heavy (non-hydrogen) atoms. The van der Waals surface area contributed by atoms with Crippen LogP contribution in [0.15, 0.2) is 11.8 Å². The molecule has 106 valence electrons. The molecule has 0 atom stereocenters. The van der Waals surface area contributed by atoms with E-state index in [1.54, 1.807) is 6.08 Å². The van der Waals surface area contributed by atoms with Crippen molar-refractivity contribution >= 4 is 5.91 Å². The molecule has 0 rings (SSSR count). The van der Waals surface area contributed by atoms with E-state index in [9.17, 15) is 9.90 Å². The predicted octanol–water partition coefficient (Wildman–Crippen LogP) is 4.05. The van der Waals surface area contributed by atoms with E-state index in [0.717, 1.165) is 45.2 Å². The number of carbonyl (C=O) groups is 1. The van der Waals surface area contributed by atoms with Crippen LogP contribution >= 0.6 is 0 Å². The molecule has 0 aliphatic heterocycles. The summed E-state index contributed by atoms with van der Waals surface area (Å²) in [5.74, 6) is 0.483. The zero-order valence-corrected chi connectivity index (χ0v) is 12.2. The Morgan fingerprint density at radius 2 is 1.61 bits per heavy atom. The van der Waals surface area contributed by atoms with Crippen molar-refractivity contribution in [3.05, 3.63) is 11.8 Å². The molecule has 0 spiro atoms. The van der Waals surface area contributed by atoms with Crippen molar-refractivity contribution < 1.29 is 9.90 Å². The van der Waals surface area contributed by atoms with Crippen LogP contribution in [-0.2, 0) is 4.79 Å². The minimum Gasteiger partial charge on any atom is -0.513 e. The van der Waals surface area contributed by atoms with E-state index in [1.165, 1.54) is 0 Å². The lowest BCUT2D eigenvalue weighted by atomic mass is 10.2. The van der Waals surface area contributed by atoms with E-state index in [4.69, 9.17) is 0 Å². The average molecular weight is 255 g/mol. The van der Waals surface area contributed by atoms with Gasteiger partial charge in [-0.15, -0.1) is 0 Å². The first kappa shape index (κ1) is 17.0. The fraction of sp³-hybridized carbons (Fsp3) is 0.800. The van der Waals surface area contributed by atoms with E-state index in [1.807, 2.05) is 11.8 Å². The van der Waals surface area contributed by atoms with Gasteiger partial charge in [0.15, 0.2) is 0 Å². The highest BCUT2D eigenvalue weighted by Crippen LogP contribution is 2.06. The van der Waals surface area contributed by atoms with E-state index in [2.05, 4.69) is 13.8 Å². The van der Waals surface area contributed by atoms with Gasteiger partial charge >= 0.3 is 0 Å². The molecule has 0 bridgehead atoms. The Kier molecular flexibility index (Phi) is 10.5. The summed E-state index contributed by atoms with van der Waals surface area (Å²) in [4.78, 5) is 14.0. The molecule has 0 fully saturated rings. The number of amides is 1. The molecule has 3 nitrogen and oxygen atoms in total. The van der Waals surface area contributed by atoms with Gasteiger partial charge < -0.3 is 10.0 Å². The maximum Gasteiger partial charge on any atom is 0.226 e. The van der Waals surface area contributed by atoms with Crippen molar-refractivity contribution in [2.45, 2.75) is 65.7 Å². The summed E-state index contributed by atoms with van der Waals surface area (Å²) >= 11 is 0. The minimum atomic E-state index is 0.138. The van der Waals surface area contributed by atoms with E-state index in [0.29, 0.717) is 18.6 Å². The van der Waals surface area contributed by atoms with Gasteiger partial charge in [-0.05, 0) is 25.3 Å². The number of aliphatic hydroxyl groups excluding tert-OH is 1. The molecule has 1 amide bonds. The molecule has 0 unspecified atom stereocenters. The number of allylic oxidation sites excluding steroid dienone is 1. The highest BCUT2D eigenvalue weighted by atomic mass is 16.3. The molecule has 0 aliphatic rings. The standard InChI is InChI=1S/C15H29NO2/c1-4-7-12-16(13-8-5-2)15(18)11-10-14(17)9-6-3/h10,17H,4-9,11-13H2,1-3H3/b14-10-. The Morgan fingerprint density at radius 3 is 2.06 bits per heavy atom. The van der Waals surface area contributed by atoms with Gasteiger partial charge in [0, 0.05) is 25.9 Å². The number of rotatable bonds is 10. The van der Waals surface area contributed by atoms with Gasteiger partial charge in [-0.1, -0.05) is 33.6 Å². The molecule has 0 aromatic rings. The number of carbonyl (C=O) groups excluding carboxylic acids is 1. The van der Waals surface area contributed by atoms with Crippen LogP contribution in [-0.4, -0.2) is 29.0 Å². The van der Waals surface area contributed by atoms with Crippen LogP contribution in [0.25, 0.3) is 0 Å². The van der Waals surface area contributed by atoms with Gasteiger partial charge in [0.2, 0.25) is 5.91 Å². The van der Waals surface area contributed by atoms with Crippen LogP contribution in [0.2, 0.25) is 0 Å². The fourth-order valence-electron chi connectivity index (χ4n) is 1.75. The quantitative estimate of drug-likeness (QED) is 0.598. The minimum absolute atomic E-state index is 0.138. The van der Waals surface area contributed by atoms with Crippen LogP contribution in [0, 0.1) is 0 Å². The molecule has 3 heteroatoms. The van der Waals surface area contributed by atoms with Gasteiger partial charge in [-0.3, -0.25) is 4.79 Å². The van der Waals surface area contributed by atoms with Crippen molar-refractivity contribution in [1.82, 2.24) is 4.90 Å². The Labute approximate surface area is 112 Å². The molecule has 0 saturated carbocycles. The molecule has 0 radical (unpaired) electrons. The summed E-state index contributed by atoms with van der Waals surface area (Å²) in [6.07, 6.45) is 7.89. The van der Waals surface area contributed by atoms with Gasteiger partial charge in [0.05, 0.1) is 5.76 Å². The third kappa shape index (κ3) is 8.15. The monoisotopic (exact) mass is 255 g/mol. The third-order valence-corrected chi connectivity index (χ3v) is 2.93. The van der Waals surface area contributed by atoms with Crippen LogP contribution in [0.5, 0.6) is 0 Å². The number of hydrogen-bond acceptors (Lipinski definition) is 2. The average Bonchev–Trinajstić information content (AvgIpc) is 2.36. The van der Waals surface area contributed by atoms with E-state index in [-0.39, 0.29) is 5.91 Å². The molecule has 0 aliphatic carbocycles. The molecular weight excluding hydrogens is 226 g/mol. The molecule has 0 heterocycles. The lowest BCUT2D eigenvalue weighted by Crippen LogP contribution is -2.32. The van der Waals surface area contributed by atoms with Gasteiger partial charge in [0.25, 0.3) is 0 Å². The van der Waals surface area contributed by atoms with Gasteiger partial charge in [-0.25, -0.2) is 0 Å². The highest BCUT2D eigenvalue weighted by molar-refractivity contribution is 5.77. The van der Waals surface area contributed by atoms with Crippen LogP contribution in [0.1, 0.15) is 65.7 Å². The summed E-state index contributed by atoms with van der Waals surface area (Å²) < 4.78 is 0. The summed E-state index contributed by atoms with van der Waals surface area (Å²) in [6, 6.07) is 0. The Morgan fingerprint density at radius 1 is 1.06 bits per heavy atom. The number of nitrogens with zero attached hydrogens (tertiary/aromatic N) is 1. The Hall–Kier alpha value is -0.990. The molecular formula is C15H29NO2. The van der Waals surface area contributed by atoms with Crippen LogP contribution in [0.3, 0.4) is 0 Å². The first-order valence-corrected chi connectivity index (χ1v) is 7.31. The van der Waals surface area contributed by atoms with Crippen molar-refractivity contribution in [2.24, 2.45) is 0 Å². The lowest BCUT2D eigenvalue weighted by molar-refractivity contribution is -0.130. The second kappa shape index (κ2) is 11.1. The number of unbranched alkanes of at least 4 members (excludes halogenated alkanes) is 2. The lowest BCUT2D eigenvalue weighted by Gasteiger charge is -2.21. The van der Waals surface area contributed by atoms with Gasteiger partial charge in [-0.2, -0.15) is 0 Å². The topological polar surface area (TPSA) is 40.5 Å². The summed E-state index contributed by atoms with van der Waals surface area (Å²) in [5, 5.41) is 9.52. The normalized spacial score (nSPS) is 11.6. The Bertz CT molecular complexity index is 241. The SMILES string of the molecule is CCCCN(CCCC)C(=O)C/C=C(\O)CCC. The smallest absolute Gasteiger partial charge is 0.226 e. The first-order valence-electron chi connectivity index (χ1n) is 7.31. The largest absolute Gasteiger partial charge is 0.513 e. The van der Waals surface area contributed by atoms with Gasteiger partial charge in [0.1, 0.15) is 0 Å². The molecule has 0 aromatic heterocycles. The maximum absolute atomic E-state index is 12.0. The first-order chi connectivity index (χ1) is 8.65. The van der Waals surface area contributed by atoms with Crippen molar-refractivity contribution in [3.8, 4) is 0 Å². The van der Waals surface area contributed by atoms with E-state index >= 15 is 0 Å². The molecule has 1 N–H and O–H groups in total.